The Morgan fingerprint density at radius 1 is 1.38 bits per heavy atom. The molecule has 130 valence electrons. The number of carbonyl (C=O) groups is 2. The van der Waals surface area contributed by atoms with Crippen molar-refractivity contribution in [3.05, 3.63) is 24.3 Å². The molecule has 2 aliphatic heterocycles. The number of nitrogens with zero attached hydrogens (tertiary/aromatic N) is 2. The first kappa shape index (κ1) is 16.8. The van der Waals surface area contributed by atoms with Gasteiger partial charge in [0.2, 0.25) is 5.91 Å². The number of para-hydroxylation sites is 2. The molecule has 1 aromatic carbocycles. The summed E-state index contributed by atoms with van der Waals surface area (Å²) in [6, 6.07) is 7.41. The van der Waals surface area contributed by atoms with Gasteiger partial charge in [0.1, 0.15) is 12.3 Å². The Bertz CT molecular complexity index is 659. The van der Waals surface area contributed by atoms with Crippen molar-refractivity contribution < 1.29 is 14.3 Å². The summed E-state index contributed by atoms with van der Waals surface area (Å²) in [5.41, 5.74) is 6.68. The maximum Gasteiger partial charge on any atom is 0.268 e. The second-order valence-corrected chi connectivity index (χ2v) is 7.35. The van der Waals surface area contributed by atoms with Crippen molar-refractivity contribution in [3.8, 4) is 5.75 Å². The zero-order valence-electron chi connectivity index (χ0n) is 14.5. The number of hydrogen-bond acceptors (Lipinski definition) is 4. The number of ether oxygens (including phenoxy) is 1. The molecule has 2 aliphatic rings. The minimum atomic E-state index is -0.584. The number of likely N-dealkylation sites (tertiary alicyclic amines) is 1. The number of amides is 2. The molecule has 1 saturated heterocycles. The molecule has 2 unspecified atom stereocenters. The lowest BCUT2D eigenvalue weighted by Gasteiger charge is -2.43. The number of carbonyl (C=O) groups excluding carboxylic acids is 2. The normalized spacial score (nSPS) is 25.9. The van der Waals surface area contributed by atoms with E-state index in [1.807, 2.05) is 29.2 Å². The van der Waals surface area contributed by atoms with Crippen LogP contribution >= 0.6 is 0 Å². The van der Waals surface area contributed by atoms with Gasteiger partial charge >= 0.3 is 0 Å². The van der Waals surface area contributed by atoms with Crippen molar-refractivity contribution in [1.82, 2.24) is 4.90 Å². The third-order valence-corrected chi connectivity index (χ3v) is 5.03. The van der Waals surface area contributed by atoms with E-state index in [0.29, 0.717) is 24.5 Å². The van der Waals surface area contributed by atoms with Gasteiger partial charge in [-0.3, -0.25) is 14.5 Å². The summed E-state index contributed by atoms with van der Waals surface area (Å²) in [7, 11) is 0. The van der Waals surface area contributed by atoms with E-state index in [0.717, 1.165) is 6.42 Å². The molecular formula is C18H25N3O3. The van der Waals surface area contributed by atoms with E-state index in [2.05, 4.69) is 13.8 Å². The fourth-order valence-corrected chi connectivity index (χ4v) is 3.34. The van der Waals surface area contributed by atoms with Crippen LogP contribution in [0.25, 0.3) is 0 Å². The van der Waals surface area contributed by atoms with Crippen molar-refractivity contribution >= 4 is 17.5 Å². The van der Waals surface area contributed by atoms with Gasteiger partial charge in [0.25, 0.3) is 5.91 Å². The highest BCUT2D eigenvalue weighted by Crippen LogP contribution is 2.34. The maximum absolute atomic E-state index is 12.8. The molecule has 2 N–H and O–H groups in total. The summed E-state index contributed by atoms with van der Waals surface area (Å²) in [4.78, 5) is 28.6. The number of anilines is 1. The molecule has 0 spiro atoms. The van der Waals surface area contributed by atoms with Crippen molar-refractivity contribution in [2.45, 2.75) is 39.3 Å². The van der Waals surface area contributed by atoms with E-state index in [-0.39, 0.29) is 29.8 Å². The molecule has 2 atom stereocenters. The van der Waals surface area contributed by atoms with E-state index >= 15 is 0 Å². The fourth-order valence-electron chi connectivity index (χ4n) is 3.34. The predicted molar refractivity (Wildman–Crippen MR) is 91.8 cm³/mol. The number of nitrogens with two attached hydrogens (primary N) is 1. The average Bonchev–Trinajstić information content (AvgIpc) is 2.54. The fraction of sp³-hybridized carbons (Fsp3) is 0.556. The Morgan fingerprint density at radius 2 is 2.08 bits per heavy atom. The first-order valence-corrected chi connectivity index (χ1v) is 8.40. The molecule has 0 aromatic heterocycles. The van der Waals surface area contributed by atoms with Gasteiger partial charge in [-0.2, -0.15) is 0 Å². The van der Waals surface area contributed by atoms with Crippen molar-refractivity contribution in [1.29, 1.82) is 0 Å². The van der Waals surface area contributed by atoms with E-state index < -0.39 is 6.10 Å². The van der Waals surface area contributed by atoms with Crippen molar-refractivity contribution in [2.24, 2.45) is 11.1 Å². The highest BCUT2D eigenvalue weighted by atomic mass is 16.5. The Balaban J connectivity index is 1.78. The van der Waals surface area contributed by atoms with Crippen LogP contribution in [-0.4, -0.2) is 48.5 Å². The average molecular weight is 331 g/mol. The summed E-state index contributed by atoms with van der Waals surface area (Å²) in [5.74, 6) is 0.403. The molecule has 24 heavy (non-hydrogen) atoms. The SMILES string of the molecule is CC1Oc2ccccc2N(CC(=O)N2CCC(N)C(C)(C)C2)C1=O. The lowest BCUT2D eigenvalue weighted by Crippen LogP contribution is -2.56. The van der Waals surface area contributed by atoms with E-state index in [9.17, 15) is 9.59 Å². The van der Waals surface area contributed by atoms with Crippen LogP contribution in [0.15, 0.2) is 24.3 Å². The van der Waals surface area contributed by atoms with Crippen LogP contribution in [0, 0.1) is 5.41 Å². The molecule has 0 saturated carbocycles. The number of benzene rings is 1. The van der Waals surface area contributed by atoms with Crippen LogP contribution in [-0.2, 0) is 9.59 Å². The van der Waals surface area contributed by atoms with Crippen molar-refractivity contribution in [2.75, 3.05) is 24.5 Å². The summed E-state index contributed by atoms with van der Waals surface area (Å²) < 4.78 is 5.62. The van der Waals surface area contributed by atoms with Crippen LogP contribution in [0.1, 0.15) is 27.2 Å². The minimum Gasteiger partial charge on any atom is -0.479 e. The van der Waals surface area contributed by atoms with Crippen LogP contribution in [0.2, 0.25) is 0 Å². The van der Waals surface area contributed by atoms with Gasteiger partial charge < -0.3 is 15.4 Å². The standard InChI is InChI=1S/C18H25N3O3/c1-12-17(23)21(13-6-4-5-7-14(13)24-12)10-16(22)20-9-8-15(19)18(2,3)11-20/h4-7,12,15H,8-11,19H2,1-3H3. The third-order valence-electron chi connectivity index (χ3n) is 5.03. The Morgan fingerprint density at radius 3 is 2.79 bits per heavy atom. The number of rotatable bonds is 2. The maximum atomic E-state index is 12.8. The lowest BCUT2D eigenvalue weighted by atomic mass is 9.79. The first-order valence-electron chi connectivity index (χ1n) is 8.40. The Hall–Kier alpha value is -2.08. The van der Waals surface area contributed by atoms with E-state index in [1.54, 1.807) is 6.92 Å². The molecule has 6 heteroatoms. The molecular weight excluding hydrogens is 306 g/mol. The second-order valence-electron chi connectivity index (χ2n) is 7.35. The Kier molecular flexibility index (Phi) is 4.25. The zero-order chi connectivity index (χ0) is 17.5. The van der Waals surface area contributed by atoms with E-state index in [4.69, 9.17) is 10.5 Å². The van der Waals surface area contributed by atoms with Gasteiger partial charge in [-0.25, -0.2) is 0 Å². The van der Waals surface area contributed by atoms with Gasteiger partial charge in [-0.1, -0.05) is 26.0 Å². The molecule has 2 heterocycles. The molecule has 3 rings (SSSR count). The number of piperidine rings is 1. The molecule has 1 fully saturated rings. The van der Waals surface area contributed by atoms with Gasteiger partial charge in [-0.05, 0) is 30.9 Å². The highest BCUT2D eigenvalue weighted by molar-refractivity contribution is 6.03. The third kappa shape index (κ3) is 2.98. The van der Waals surface area contributed by atoms with Gasteiger partial charge in [0.05, 0.1) is 5.69 Å². The zero-order valence-corrected chi connectivity index (χ0v) is 14.5. The number of hydrogen-bond donors (Lipinski definition) is 1. The molecule has 0 aliphatic carbocycles. The summed E-state index contributed by atoms with van der Waals surface area (Å²) in [6.45, 7) is 7.15. The predicted octanol–water partition coefficient (Wildman–Crippen LogP) is 1.39. The molecule has 2 amide bonds. The monoisotopic (exact) mass is 331 g/mol. The lowest BCUT2D eigenvalue weighted by molar-refractivity contribution is -0.135. The van der Waals surface area contributed by atoms with Crippen molar-refractivity contribution in [3.63, 3.8) is 0 Å². The first-order chi connectivity index (χ1) is 11.3. The largest absolute Gasteiger partial charge is 0.479 e. The summed E-state index contributed by atoms with van der Waals surface area (Å²) in [5, 5.41) is 0. The topological polar surface area (TPSA) is 75.9 Å². The molecule has 0 radical (unpaired) electrons. The summed E-state index contributed by atoms with van der Waals surface area (Å²) >= 11 is 0. The molecule has 1 aromatic rings. The number of fused-ring (bicyclic) bond motifs is 1. The van der Waals surface area contributed by atoms with Gasteiger partial charge in [-0.15, -0.1) is 0 Å². The van der Waals surface area contributed by atoms with Crippen LogP contribution in [0.3, 0.4) is 0 Å². The molecule has 0 bridgehead atoms. The molecule has 6 nitrogen and oxygen atoms in total. The minimum absolute atomic E-state index is 0.0366. The summed E-state index contributed by atoms with van der Waals surface area (Å²) in [6.07, 6.45) is 0.196. The van der Waals surface area contributed by atoms with Crippen LogP contribution < -0.4 is 15.4 Å². The van der Waals surface area contributed by atoms with Crippen LogP contribution in [0.5, 0.6) is 5.75 Å². The van der Waals surface area contributed by atoms with Crippen LogP contribution in [0.4, 0.5) is 5.69 Å². The highest BCUT2D eigenvalue weighted by Gasteiger charge is 2.38. The van der Waals surface area contributed by atoms with Gasteiger partial charge in [0, 0.05) is 19.1 Å². The Labute approximate surface area is 142 Å². The smallest absolute Gasteiger partial charge is 0.268 e. The van der Waals surface area contributed by atoms with E-state index in [1.165, 1.54) is 4.90 Å². The second kappa shape index (κ2) is 6.09. The quantitative estimate of drug-likeness (QED) is 0.888. The van der Waals surface area contributed by atoms with Gasteiger partial charge in [0.15, 0.2) is 6.10 Å².